The molecule has 0 aliphatic heterocycles. The number of urea groups is 1. The molecule has 1 heterocycles. The van der Waals surface area contributed by atoms with E-state index in [2.05, 4.69) is 48.5 Å². The number of rotatable bonds is 4. The van der Waals surface area contributed by atoms with Crippen molar-refractivity contribution in [1.82, 2.24) is 9.97 Å². The second-order valence-corrected chi connectivity index (χ2v) is 7.95. The molecule has 4 rings (SSSR count). The average molecular weight is 570 g/mol. The number of carbonyl (C=O) groups is 1. The first kappa shape index (κ1) is 23.0. The van der Waals surface area contributed by atoms with Crippen molar-refractivity contribution >= 4 is 86.4 Å². The van der Waals surface area contributed by atoms with Crippen molar-refractivity contribution in [1.29, 1.82) is 0 Å². The lowest BCUT2D eigenvalue weighted by Crippen LogP contribution is -2.19. The van der Waals surface area contributed by atoms with Gasteiger partial charge in [-0.2, -0.15) is 0 Å². The quantitative estimate of drug-likeness (QED) is 0.235. The highest BCUT2D eigenvalue weighted by Gasteiger charge is 2.08. The average Bonchev–Trinajstić information content (AvgIpc) is 2.71. The van der Waals surface area contributed by atoms with Crippen LogP contribution in [0.5, 0.6) is 0 Å². The SMILES string of the molecule is Cl.O=C(Nc1cccc(Nc2ncnc3ccc(I)cc23)c1)Nc1ccc(F)c(Cl)c1. The van der Waals surface area contributed by atoms with Crippen LogP contribution in [-0.4, -0.2) is 16.0 Å². The van der Waals surface area contributed by atoms with Gasteiger partial charge >= 0.3 is 6.03 Å². The third kappa shape index (κ3) is 5.72. The summed E-state index contributed by atoms with van der Waals surface area (Å²) >= 11 is 7.98. The summed E-state index contributed by atoms with van der Waals surface area (Å²) in [6, 6.07) is 16.6. The fraction of sp³-hybridized carbons (Fsp3) is 0. The monoisotopic (exact) mass is 569 g/mol. The van der Waals surface area contributed by atoms with E-state index in [1.165, 1.54) is 24.5 Å². The summed E-state index contributed by atoms with van der Waals surface area (Å²) in [5.41, 5.74) is 2.53. The highest BCUT2D eigenvalue weighted by atomic mass is 127. The lowest BCUT2D eigenvalue weighted by molar-refractivity contribution is 0.262. The van der Waals surface area contributed by atoms with E-state index in [1.54, 1.807) is 18.2 Å². The van der Waals surface area contributed by atoms with Crippen LogP contribution in [0.1, 0.15) is 0 Å². The summed E-state index contributed by atoms with van der Waals surface area (Å²) in [5, 5.41) is 9.45. The van der Waals surface area contributed by atoms with Crippen molar-refractivity contribution in [2.45, 2.75) is 0 Å². The molecule has 31 heavy (non-hydrogen) atoms. The number of hydrogen-bond acceptors (Lipinski definition) is 4. The van der Waals surface area contributed by atoms with Crippen molar-refractivity contribution < 1.29 is 9.18 Å². The summed E-state index contributed by atoms with van der Waals surface area (Å²) in [6.45, 7) is 0. The maximum atomic E-state index is 13.2. The molecule has 0 atom stereocenters. The van der Waals surface area contributed by atoms with Crippen LogP contribution in [0.25, 0.3) is 10.9 Å². The van der Waals surface area contributed by atoms with Crippen molar-refractivity contribution in [3.8, 4) is 0 Å². The number of benzene rings is 3. The Kier molecular flexibility index (Phi) is 7.47. The molecule has 0 radical (unpaired) electrons. The summed E-state index contributed by atoms with van der Waals surface area (Å²) in [7, 11) is 0. The molecule has 0 saturated carbocycles. The van der Waals surface area contributed by atoms with Crippen molar-refractivity contribution in [3.63, 3.8) is 0 Å². The second kappa shape index (κ2) is 10.1. The summed E-state index contributed by atoms with van der Waals surface area (Å²) < 4.78 is 14.3. The number of hydrogen-bond donors (Lipinski definition) is 3. The van der Waals surface area contributed by atoms with E-state index in [9.17, 15) is 9.18 Å². The van der Waals surface area contributed by atoms with Crippen molar-refractivity contribution in [2.75, 3.05) is 16.0 Å². The number of amides is 2. The van der Waals surface area contributed by atoms with Gasteiger partial charge in [0.05, 0.1) is 10.5 Å². The first-order valence-corrected chi connectivity index (χ1v) is 10.2. The van der Waals surface area contributed by atoms with Crippen LogP contribution < -0.4 is 16.0 Å². The Morgan fingerprint density at radius 1 is 0.935 bits per heavy atom. The maximum absolute atomic E-state index is 13.2. The molecule has 1 aromatic heterocycles. The molecule has 4 aromatic rings. The highest BCUT2D eigenvalue weighted by molar-refractivity contribution is 14.1. The molecule has 0 unspecified atom stereocenters. The van der Waals surface area contributed by atoms with Crippen molar-refractivity contribution in [3.05, 3.63) is 81.4 Å². The fourth-order valence-corrected chi connectivity index (χ4v) is 3.48. The molecule has 158 valence electrons. The van der Waals surface area contributed by atoms with Gasteiger partial charge in [-0.1, -0.05) is 17.7 Å². The van der Waals surface area contributed by atoms with Crippen LogP contribution in [0.2, 0.25) is 5.02 Å². The minimum absolute atomic E-state index is 0. The molecule has 0 aliphatic carbocycles. The summed E-state index contributed by atoms with van der Waals surface area (Å²) in [4.78, 5) is 20.9. The number of carbonyl (C=O) groups excluding carboxylic acids is 1. The number of halogens is 4. The topological polar surface area (TPSA) is 78.9 Å². The number of anilines is 4. The van der Waals surface area contributed by atoms with Gasteiger partial charge in [-0.3, -0.25) is 0 Å². The molecule has 10 heteroatoms. The largest absolute Gasteiger partial charge is 0.340 e. The molecule has 0 saturated heterocycles. The number of nitrogens with zero attached hydrogens (tertiary/aromatic N) is 2. The van der Waals surface area contributed by atoms with Crippen LogP contribution in [-0.2, 0) is 0 Å². The summed E-state index contributed by atoms with van der Waals surface area (Å²) in [5.74, 6) is 0.120. The zero-order valence-electron chi connectivity index (χ0n) is 15.7. The molecular formula is C21H15Cl2FIN5O. The Balaban J connectivity index is 0.00000272. The lowest BCUT2D eigenvalue weighted by atomic mass is 10.2. The Morgan fingerprint density at radius 2 is 1.68 bits per heavy atom. The molecule has 0 aliphatic rings. The first-order chi connectivity index (χ1) is 14.5. The molecule has 6 nitrogen and oxygen atoms in total. The van der Waals surface area contributed by atoms with Gasteiger partial charge in [0.15, 0.2) is 0 Å². The minimum atomic E-state index is -0.548. The van der Waals surface area contributed by atoms with Gasteiger partial charge in [-0.25, -0.2) is 19.2 Å². The predicted molar refractivity (Wildman–Crippen MR) is 133 cm³/mol. The second-order valence-electron chi connectivity index (χ2n) is 6.30. The molecule has 0 bridgehead atoms. The van der Waals surface area contributed by atoms with E-state index in [1.807, 2.05) is 24.3 Å². The van der Waals surface area contributed by atoms with E-state index in [4.69, 9.17) is 11.6 Å². The van der Waals surface area contributed by atoms with Gasteiger partial charge in [0.25, 0.3) is 0 Å². The van der Waals surface area contributed by atoms with Gasteiger partial charge in [0.1, 0.15) is 18.0 Å². The Morgan fingerprint density at radius 3 is 2.45 bits per heavy atom. The molecule has 0 fully saturated rings. The standard InChI is InChI=1S/C21H14ClFIN5O.ClH/c22-17-10-15(5-6-18(17)23)29-21(30)28-14-3-1-2-13(9-14)27-20-16-8-12(24)4-7-19(16)25-11-26-20;/h1-11H,(H,25,26,27)(H2,28,29,30);1H. The van der Waals surface area contributed by atoms with Crippen LogP contribution in [0.4, 0.5) is 32.1 Å². The normalized spacial score (nSPS) is 10.3. The number of nitrogens with one attached hydrogen (secondary N) is 3. The maximum Gasteiger partial charge on any atom is 0.323 e. The van der Waals surface area contributed by atoms with Gasteiger partial charge in [-0.05, 0) is 77.2 Å². The Bertz CT molecular complexity index is 1260. The van der Waals surface area contributed by atoms with E-state index >= 15 is 0 Å². The minimum Gasteiger partial charge on any atom is -0.340 e. The van der Waals surface area contributed by atoms with Crippen LogP contribution in [0, 0.1) is 9.39 Å². The first-order valence-electron chi connectivity index (χ1n) is 8.78. The van der Waals surface area contributed by atoms with Gasteiger partial charge in [0.2, 0.25) is 0 Å². The smallest absolute Gasteiger partial charge is 0.323 e. The Hall–Kier alpha value is -2.69. The van der Waals surface area contributed by atoms with E-state index in [0.29, 0.717) is 17.2 Å². The zero-order chi connectivity index (χ0) is 21.1. The number of fused-ring (bicyclic) bond motifs is 1. The number of aromatic nitrogens is 2. The molecular weight excluding hydrogens is 555 g/mol. The van der Waals surface area contributed by atoms with E-state index < -0.39 is 11.8 Å². The van der Waals surface area contributed by atoms with Crippen LogP contribution in [0.15, 0.2) is 67.0 Å². The third-order valence-electron chi connectivity index (χ3n) is 4.16. The van der Waals surface area contributed by atoms with Crippen molar-refractivity contribution in [2.24, 2.45) is 0 Å². The van der Waals surface area contributed by atoms with E-state index in [0.717, 1.165) is 20.2 Å². The molecule has 3 aromatic carbocycles. The zero-order valence-corrected chi connectivity index (χ0v) is 19.4. The molecule has 3 N–H and O–H groups in total. The van der Waals surface area contributed by atoms with Crippen LogP contribution >= 0.6 is 46.6 Å². The predicted octanol–water partition coefficient (Wildman–Crippen LogP) is 6.84. The van der Waals surface area contributed by atoms with Gasteiger partial charge in [0, 0.05) is 26.0 Å². The lowest BCUT2D eigenvalue weighted by Gasteiger charge is -2.11. The fourth-order valence-electron chi connectivity index (χ4n) is 2.81. The van der Waals surface area contributed by atoms with E-state index in [-0.39, 0.29) is 17.4 Å². The van der Waals surface area contributed by atoms with Crippen LogP contribution in [0.3, 0.4) is 0 Å². The van der Waals surface area contributed by atoms with Gasteiger partial charge < -0.3 is 16.0 Å². The highest BCUT2D eigenvalue weighted by Crippen LogP contribution is 2.26. The summed E-state index contributed by atoms with van der Waals surface area (Å²) in [6.07, 6.45) is 1.50. The molecule has 2 amide bonds. The van der Waals surface area contributed by atoms with Gasteiger partial charge in [-0.15, -0.1) is 12.4 Å². The third-order valence-corrected chi connectivity index (χ3v) is 5.12. The Labute approximate surface area is 202 Å². The molecule has 0 spiro atoms.